The molecule has 0 atom stereocenters. The predicted molar refractivity (Wildman–Crippen MR) is 55.0 cm³/mol. The number of aromatic nitrogens is 2. The highest BCUT2D eigenvalue weighted by Gasteiger charge is 2.24. The Kier molecular flexibility index (Phi) is 2.76. The summed E-state index contributed by atoms with van der Waals surface area (Å²) in [7, 11) is -1.51. The zero-order valence-electron chi connectivity index (χ0n) is 7.23. The van der Waals surface area contributed by atoms with Gasteiger partial charge in [0.25, 0.3) is 0 Å². The summed E-state index contributed by atoms with van der Waals surface area (Å²) in [5.74, 6) is 0. The van der Waals surface area contributed by atoms with Crippen LogP contribution >= 0.6 is 23.2 Å². The molecule has 0 saturated carbocycles. The van der Waals surface area contributed by atoms with Crippen molar-refractivity contribution in [3.05, 3.63) is 16.6 Å². The Labute approximate surface area is 83.0 Å². The van der Waals surface area contributed by atoms with Gasteiger partial charge in [0.2, 0.25) is 0 Å². The fourth-order valence-corrected chi connectivity index (χ4v) is 4.35. The van der Waals surface area contributed by atoms with Crippen LogP contribution in [0.25, 0.3) is 0 Å². The van der Waals surface area contributed by atoms with E-state index >= 15 is 0 Å². The molecule has 2 nitrogen and oxygen atoms in total. The van der Waals surface area contributed by atoms with Crippen LogP contribution in [-0.4, -0.2) is 18.0 Å². The second kappa shape index (κ2) is 3.32. The molecule has 1 aromatic heterocycles. The first-order chi connectivity index (χ1) is 5.43. The number of halogens is 2. The summed E-state index contributed by atoms with van der Waals surface area (Å²) in [6, 6.07) is 0. The minimum Gasteiger partial charge on any atom is -0.225 e. The number of hydrogen-bond acceptors (Lipinski definition) is 2. The van der Waals surface area contributed by atoms with Crippen LogP contribution in [0.5, 0.6) is 0 Å². The number of rotatable bonds is 1. The van der Waals surface area contributed by atoms with E-state index in [4.69, 9.17) is 23.2 Å². The Morgan fingerprint density at radius 1 is 1.08 bits per heavy atom. The van der Waals surface area contributed by atoms with Crippen molar-refractivity contribution >= 4 is 36.5 Å². The quantitative estimate of drug-likeness (QED) is 0.537. The summed E-state index contributed by atoms with van der Waals surface area (Å²) in [6.07, 6.45) is 1.38. The van der Waals surface area contributed by atoms with Crippen LogP contribution in [0.3, 0.4) is 0 Å². The molecule has 0 radical (unpaired) electrons. The van der Waals surface area contributed by atoms with E-state index in [-0.39, 0.29) is 0 Å². The molecule has 0 fully saturated rings. The van der Waals surface area contributed by atoms with Gasteiger partial charge in [0.15, 0.2) is 0 Å². The van der Waals surface area contributed by atoms with Gasteiger partial charge < -0.3 is 0 Å². The van der Waals surface area contributed by atoms with Gasteiger partial charge >= 0.3 is 0 Å². The third kappa shape index (κ3) is 1.97. The Bertz CT molecular complexity index is 276. The molecule has 0 amide bonds. The van der Waals surface area contributed by atoms with Gasteiger partial charge in [0, 0.05) is 5.19 Å². The lowest BCUT2D eigenvalue weighted by Gasteiger charge is -2.17. The maximum Gasteiger partial charge on any atom is 0.133 e. The van der Waals surface area contributed by atoms with Gasteiger partial charge in [-0.3, -0.25) is 0 Å². The molecule has 0 aromatic carbocycles. The van der Waals surface area contributed by atoms with Gasteiger partial charge in [0.1, 0.15) is 16.6 Å². The topological polar surface area (TPSA) is 25.8 Å². The van der Waals surface area contributed by atoms with Crippen LogP contribution in [0, 0.1) is 0 Å². The Hall–Kier alpha value is -0.123. The lowest BCUT2D eigenvalue weighted by atomic mass is 10.7. The maximum absolute atomic E-state index is 5.91. The first-order valence-corrected chi connectivity index (χ1v) is 7.85. The molecule has 1 rings (SSSR count). The van der Waals surface area contributed by atoms with Crippen LogP contribution in [0.15, 0.2) is 6.33 Å². The Morgan fingerprint density at radius 3 is 1.75 bits per heavy atom. The fourth-order valence-electron chi connectivity index (χ4n) is 0.963. The normalized spacial score (nSPS) is 11.8. The second-order valence-corrected chi connectivity index (χ2v) is 9.30. The van der Waals surface area contributed by atoms with Crippen LogP contribution in [0.4, 0.5) is 0 Å². The zero-order valence-corrected chi connectivity index (χ0v) is 9.74. The van der Waals surface area contributed by atoms with Gasteiger partial charge in [-0.2, -0.15) is 0 Å². The highest BCUT2D eigenvalue weighted by atomic mass is 35.5. The molecule has 0 aliphatic heterocycles. The first-order valence-electron chi connectivity index (χ1n) is 3.59. The largest absolute Gasteiger partial charge is 0.225 e. The van der Waals surface area contributed by atoms with Gasteiger partial charge in [-0.25, -0.2) is 9.97 Å². The molecular weight excluding hydrogens is 211 g/mol. The summed E-state index contributed by atoms with van der Waals surface area (Å²) in [4.78, 5) is 7.82. The SMILES string of the molecule is C[Si](C)(C)c1c(Cl)ncnc1Cl. The highest BCUT2D eigenvalue weighted by molar-refractivity contribution is 6.91. The minimum atomic E-state index is -1.51. The van der Waals surface area contributed by atoms with Gasteiger partial charge in [-0.1, -0.05) is 42.8 Å². The zero-order chi connectivity index (χ0) is 9.35. The predicted octanol–water partition coefficient (Wildman–Crippen LogP) is 2.33. The van der Waals surface area contributed by atoms with E-state index in [0.717, 1.165) is 5.19 Å². The molecule has 0 aliphatic carbocycles. The van der Waals surface area contributed by atoms with Crippen molar-refractivity contribution in [3.8, 4) is 0 Å². The van der Waals surface area contributed by atoms with E-state index in [1.54, 1.807) is 0 Å². The van der Waals surface area contributed by atoms with Gasteiger partial charge in [0.05, 0.1) is 8.07 Å². The van der Waals surface area contributed by atoms with E-state index < -0.39 is 8.07 Å². The van der Waals surface area contributed by atoms with E-state index in [9.17, 15) is 0 Å². The van der Waals surface area contributed by atoms with Crippen LogP contribution in [-0.2, 0) is 0 Å². The molecule has 0 saturated heterocycles. The highest BCUT2D eigenvalue weighted by Crippen LogP contribution is 2.14. The Morgan fingerprint density at radius 2 is 1.50 bits per heavy atom. The number of hydrogen-bond donors (Lipinski definition) is 0. The third-order valence-electron chi connectivity index (χ3n) is 1.50. The summed E-state index contributed by atoms with van der Waals surface area (Å²) in [6.45, 7) is 6.47. The molecule has 5 heteroatoms. The summed E-state index contributed by atoms with van der Waals surface area (Å²) in [5.41, 5.74) is 0. The molecule has 1 aromatic rings. The van der Waals surface area contributed by atoms with E-state index in [1.807, 2.05) is 0 Å². The Balaban J connectivity index is 3.31. The monoisotopic (exact) mass is 220 g/mol. The minimum absolute atomic E-state index is 0.495. The maximum atomic E-state index is 5.91. The summed E-state index contributed by atoms with van der Waals surface area (Å²) < 4.78 is 0. The second-order valence-electron chi connectivity index (χ2n) is 3.58. The molecule has 1 heterocycles. The van der Waals surface area contributed by atoms with Crippen LogP contribution < -0.4 is 5.19 Å². The molecular formula is C7H10Cl2N2Si. The average Bonchev–Trinajstić information content (AvgIpc) is 1.82. The van der Waals surface area contributed by atoms with Crippen LogP contribution in [0.2, 0.25) is 29.9 Å². The molecule has 0 bridgehead atoms. The van der Waals surface area contributed by atoms with Crippen molar-refractivity contribution in [2.24, 2.45) is 0 Å². The standard InChI is InChI=1S/C7H10Cl2N2Si/c1-12(2,3)5-6(8)10-4-11-7(5)9/h4H,1-3H3. The molecule has 0 aliphatic rings. The number of nitrogens with zero attached hydrogens (tertiary/aromatic N) is 2. The van der Waals surface area contributed by atoms with Crippen molar-refractivity contribution in [2.45, 2.75) is 19.6 Å². The molecule has 0 spiro atoms. The van der Waals surface area contributed by atoms with Crippen molar-refractivity contribution in [3.63, 3.8) is 0 Å². The molecule has 66 valence electrons. The van der Waals surface area contributed by atoms with Crippen molar-refractivity contribution in [2.75, 3.05) is 0 Å². The lowest BCUT2D eigenvalue weighted by molar-refractivity contribution is 1.18. The van der Waals surface area contributed by atoms with E-state index in [2.05, 4.69) is 29.6 Å². The van der Waals surface area contributed by atoms with Crippen molar-refractivity contribution in [1.29, 1.82) is 0 Å². The van der Waals surface area contributed by atoms with Gasteiger partial charge in [-0.05, 0) is 0 Å². The van der Waals surface area contributed by atoms with E-state index in [1.165, 1.54) is 6.33 Å². The van der Waals surface area contributed by atoms with Crippen molar-refractivity contribution in [1.82, 2.24) is 9.97 Å². The molecule has 0 N–H and O–H groups in total. The fraction of sp³-hybridized carbons (Fsp3) is 0.429. The third-order valence-corrected chi connectivity index (χ3v) is 4.37. The summed E-state index contributed by atoms with van der Waals surface area (Å²) in [5, 5.41) is 1.93. The van der Waals surface area contributed by atoms with Gasteiger partial charge in [-0.15, -0.1) is 0 Å². The first kappa shape index (κ1) is 9.96. The molecule has 12 heavy (non-hydrogen) atoms. The summed E-state index contributed by atoms with van der Waals surface area (Å²) >= 11 is 11.8. The molecule has 0 unspecified atom stereocenters. The lowest BCUT2D eigenvalue weighted by Crippen LogP contribution is -2.40. The van der Waals surface area contributed by atoms with Crippen molar-refractivity contribution < 1.29 is 0 Å². The van der Waals surface area contributed by atoms with E-state index in [0.29, 0.717) is 10.3 Å². The smallest absolute Gasteiger partial charge is 0.133 e. The average molecular weight is 221 g/mol. The van der Waals surface area contributed by atoms with Crippen LogP contribution in [0.1, 0.15) is 0 Å².